The van der Waals surface area contributed by atoms with Gasteiger partial charge in [-0.25, -0.2) is 14.7 Å². The maximum Gasteiger partial charge on any atom is 0.412 e. The smallest absolute Gasteiger partial charge is 0.412 e. The summed E-state index contributed by atoms with van der Waals surface area (Å²) in [5.41, 5.74) is 1.30. The molecule has 0 aromatic heterocycles. The van der Waals surface area contributed by atoms with Crippen LogP contribution in [0.3, 0.4) is 0 Å². The average molecular weight is 438 g/mol. The van der Waals surface area contributed by atoms with E-state index in [9.17, 15) is 19.1 Å². The van der Waals surface area contributed by atoms with Crippen LogP contribution < -0.4 is 10.8 Å². The molecule has 7 nitrogen and oxygen atoms in total. The summed E-state index contributed by atoms with van der Waals surface area (Å²) in [5, 5.41) is 22.7. The standard InChI is InChI=1S/C24H23FN2O5/c1-24(2,13-12-21(29)27-31)22(16-10-11-20(28)18(25)14-16)32-23(30)26-19-9-5-7-15-6-3-4-8-17(15)19/h3-14,22,28,31H,1-2H3,(H,26,30)(H,27,29)/b13-12+/t22-/m0/s1. The molecule has 0 unspecified atom stereocenters. The summed E-state index contributed by atoms with van der Waals surface area (Å²) in [6, 6.07) is 16.6. The van der Waals surface area contributed by atoms with Crippen molar-refractivity contribution >= 4 is 28.5 Å². The van der Waals surface area contributed by atoms with Crippen molar-refractivity contribution < 1.29 is 29.0 Å². The molecule has 2 amide bonds. The van der Waals surface area contributed by atoms with E-state index in [0.717, 1.165) is 29.0 Å². The Morgan fingerprint density at radius 2 is 1.81 bits per heavy atom. The second kappa shape index (κ2) is 9.49. The van der Waals surface area contributed by atoms with Gasteiger partial charge in [0.2, 0.25) is 0 Å². The number of phenols is 1. The van der Waals surface area contributed by atoms with Crippen molar-refractivity contribution in [2.24, 2.45) is 5.41 Å². The first-order chi connectivity index (χ1) is 15.2. The molecule has 0 fully saturated rings. The number of hydrogen-bond acceptors (Lipinski definition) is 5. The number of aromatic hydroxyl groups is 1. The van der Waals surface area contributed by atoms with Crippen molar-refractivity contribution in [1.82, 2.24) is 5.48 Å². The first-order valence-corrected chi connectivity index (χ1v) is 9.78. The molecule has 0 spiro atoms. The van der Waals surface area contributed by atoms with Crippen molar-refractivity contribution in [3.8, 4) is 5.75 Å². The monoisotopic (exact) mass is 438 g/mol. The number of nitrogens with one attached hydrogen (secondary N) is 2. The van der Waals surface area contributed by atoms with Crippen molar-refractivity contribution in [2.45, 2.75) is 20.0 Å². The van der Waals surface area contributed by atoms with Crippen LogP contribution in [0.5, 0.6) is 5.75 Å². The topological polar surface area (TPSA) is 108 Å². The third kappa shape index (κ3) is 5.22. The Labute approximate surface area is 184 Å². The zero-order valence-corrected chi connectivity index (χ0v) is 17.5. The van der Waals surface area contributed by atoms with E-state index in [0.29, 0.717) is 5.69 Å². The first kappa shape index (κ1) is 22.8. The molecule has 3 aromatic rings. The quantitative estimate of drug-likeness (QED) is 0.244. The van der Waals surface area contributed by atoms with Gasteiger partial charge in [-0.3, -0.25) is 15.3 Å². The van der Waals surface area contributed by atoms with Gasteiger partial charge in [-0.05, 0) is 29.1 Å². The minimum absolute atomic E-state index is 0.271. The SMILES string of the molecule is CC(C)(/C=C/C(=O)NO)[C@@H](OC(=O)Nc1cccc2ccccc12)c1ccc(O)c(F)c1. The van der Waals surface area contributed by atoms with Crippen LogP contribution in [0.2, 0.25) is 0 Å². The predicted octanol–water partition coefficient (Wildman–Crippen LogP) is 5.06. The van der Waals surface area contributed by atoms with Gasteiger partial charge < -0.3 is 9.84 Å². The van der Waals surface area contributed by atoms with E-state index in [2.05, 4.69) is 5.32 Å². The molecule has 0 bridgehead atoms. The van der Waals surface area contributed by atoms with E-state index >= 15 is 0 Å². The van der Waals surface area contributed by atoms with E-state index in [1.165, 1.54) is 17.6 Å². The van der Waals surface area contributed by atoms with E-state index < -0.39 is 35.1 Å². The Morgan fingerprint density at radius 3 is 2.53 bits per heavy atom. The van der Waals surface area contributed by atoms with Crippen LogP contribution in [-0.4, -0.2) is 22.3 Å². The number of carbonyl (C=O) groups excluding carboxylic acids is 2. The maximum absolute atomic E-state index is 14.0. The molecule has 1 atom stereocenters. The summed E-state index contributed by atoms with van der Waals surface area (Å²) in [7, 11) is 0. The molecule has 0 aliphatic heterocycles. The molecule has 3 aromatic carbocycles. The number of hydroxylamine groups is 1. The third-order valence-corrected chi connectivity index (χ3v) is 4.98. The Kier molecular flexibility index (Phi) is 6.75. The lowest BCUT2D eigenvalue weighted by atomic mass is 9.82. The second-order valence-electron chi connectivity index (χ2n) is 7.78. The summed E-state index contributed by atoms with van der Waals surface area (Å²) in [6.07, 6.45) is 0.692. The molecule has 0 heterocycles. The Morgan fingerprint density at radius 1 is 1.09 bits per heavy atom. The molecule has 0 aliphatic carbocycles. The Balaban J connectivity index is 1.92. The van der Waals surface area contributed by atoms with E-state index in [-0.39, 0.29) is 5.56 Å². The molecule has 0 radical (unpaired) electrons. The van der Waals surface area contributed by atoms with Crippen molar-refractivity contribution in [2.75, 3.05) is 5.32 Å². The fourth-order valence-electron chi connectivity index (χ4n) is 3.33. The van der Waals surface area contributed by atoms with Crippen LogP contribution in [-0.2, 0) is 9.53 Å². The summed E-state index contributed by atoms with van der Waals surface area (Å²) < 4.78 is 19.7. The number of carbonyl (C=O) groups is 2. The number of benzene rings is 3. The number of anilines is 1. The zero-order chi connectivity index (χ0) is 23.3. The lowest BCUT2D eigenvalue weighted by molar-refractivity contribution is -0.124. The van der Waals surface area contributed by atoms with Crippen LogP contribution in [0.15, 0.2) is 72.8 Å². The minimum atomic E-state index is -1.03. The number of fused-ring (bicyclic) bond motifs is 1. The largest absolute Gasteiger partial charge is 0.505 e. The average Bonchev–Trinajstić information content (AvgIpc) is 2.78. The highest BCUT2D eigenvalue weighted by atomic mass is 19.1. The van der Waals surface area contributed by atoms with Crippen LogP contribution in [0.25, 0.3) is 10.8 Å². The van der Waals surface area contributed by atoms with E-state index in [4.69, 9.17) is 9.94 Å². The normalized spacial score (nSPS) is 12.5. The summed E-state index contributed by atoms with van der Waals surface area (Å²) in [4.78, 5) is 24.3. The van der Waals surface area contributed by atoms with Crippen molar-refractivity contribution in [3.63, 3.8) is 0 Å². The molecule has 8 heteroatoms. The Bertz CT molecular complexity index is 1170. The van der Waals surface area contributed by atoms with Crippen LogP contribution in [0.1, 0.15) is 25.5 Å². The van der Waals surface area contributed by atoms with Gasteiger partial charge >= 0.3 is 6.09 Å². The van der Waals surface area contributed by atoms with Gasteiger partial charge in [0.1, 0.15) is 6.10 Å². The molecule has 3 rings (SSSR count). The zero-order valence-electron chi connectivity index (χ0n) is 17.5. The van der Waals surface area contributed by atoms with Gasteiger partial charge in [0, 0.05) is 16.9 Å². The summed E-state index contributed by atoms with van der Waals surface area (Å²) >= 11 is 0. The van der Waals surface area contributed by atoms with Gasteiger partial charge in [-0.2, -0.15) is 0 Å². The molecule has 0 aliphatic rings. The molecule has 4 N–H and O–H groups in total. The highest BCUT2D eigenvalue weighted by Gasteiger charge is 2.33. The van der Waals surface area contributed by atoms with Gasteiger partial charge in [-0.15, -0.1) is 0 Å². The summed E-state index contributed by atoms with van der Waals surface area (Å²) in [6.45, 7) is 3.35. The molecule has 32 heavy (non-hydrogen) atoms. The molecule has 0 saturated carbocycles. The minimum Gasteiger partial charge on any atom is -0.505 e. The number of amides is 2. The van der Waals surface area contributed by atoms with Gasteiger partial charge in [0.05, 0.1) is 5.69 Å². The van der Waals surface area contributed by atoms with Gasteiger partial charge in [-0.1, -0.05) is 62.4 Å². The lowest BCUT2D eigenvalue weighted by Crippen LogP contribution is -2.28. The molecular weight excluding hydrogens is 415 g/mol. The Hall–Kier alpha value is -3.91. The highest BCUT2D eigenvalue weighted by Crippen LogP contribution is 2.39. The predicted molar refractivity (Wildman–Crippen MR) is 118 cm³/mol. The molecule has 0 saturated heterocycles. The van der Waals surface area contributed by atoms with E-state index in [1.807, 2.05) is 30.3 Å². The van der Waals surface area contributed by atoms with Crippen LogP contribution in [0, 0.1) is 11.2 Å². The second-order valence-corrected chi connectivity index (χ2v) is 7.78. The van der Waals surface area contributed by atoms with Crippen LogP contribution >= 0.6 is 0 Å². The number of rotatable bonds is 6. The number of hydrogen-bond donors (Lipinski definition) is 4. The molecular formula is C24H23FN2O5. The van der Waals surface area contributed by atoms with Crippen LogP contribution in [0.4, 0.5) is 14.9 Å². The highest BCUT2D eigenvalue weighted by molar-refractivity contribution is 6.00. The lowest BCUT2D eigenvalue weighted by Gasteiger charge is -2.31. The summed E-state index contributed by atoms with van der Waals surface area (Å²) in [5.74, 6) is -2.19. The number of phenolic OH excluding ortho intramolecular Hbond substituents is 1. The maximum atomic E-state index is 14.0. The number of ether oxygens (including phenoxy) is 1. The van der Waals surface area contributed by atoms with Gasteiger partial charge in [0.25, 0.3) is 5.91 Å². The molecule has 166 valence electrons. The fraction of sp³-hybridized carbons (Fsp3) is 0.167. The third-order valence-electron chi connectivity index (χ3n) is 4.98. The first-order valence-electron chi connectivity index (χ1n) is 9.78. The van der Waals surface area contributed by atoms with Crippen molar-refractivity contribution in [3.05, 3.63) is 84.2 Å². The fourth-order valence-corrected chi connectivity index (χ4v) is 3.33. The van der Waals surface area contributed by atoms with E-state index in [1.54, 1.807) is 26.0 Å². The number of halogens is 1. The van der Waals surface area contributed by atoms with Crippen molar-refractivity contribution in [1.29, 1.82) is 0 Å². The van der Waals surface area contributed by atoms with Gasteiger partial charge in [0.15, 0.2) is 11.6 Å².